The summed E-state index contributed by atoms with van der Waals surface area (Å²) in [5.74, 6) is -0.805. The second-order valence-electron chi connectivity index (χ2n) is 6.94. The Morgan fingerprint density at radius 3 is 2.61 bits per heavy atom. The van der Waals surface area contributed by atoms with Crippen LogP contribution in [0.25, 0.3) is 16.5 Å². The Bertz CT molecular complexity index is 1220. The van der Waals surface area contributed by atoms with Gasteiger partial charge in [-0.1, -0.05) is 25.5 Å². The number of anilines is 2. The number of thiophene rings is 1. The molecule has 0 bridgehead atoms. The van der Waals surface area contributed by atoms with Crippen molar-refractivity contribution in [3.05, 3.63) is 74.0 Å². The van der Waals surface area contributed by atoms with E-state index in [1.807, 2.05) is 19.1 Å². The number of carbonyl (C=O) groups excluding carboxylic acids is 1. The number of halogens is 1. The highest BCUT2D eigenvalue weighted by Gasteiger charge is 2.19. The highest BCUT2D eigenvalue weighted by Crippen LogP contribution is 2.29. The van der Waals surface area contributed by atoms with Gasteiger partial charge in [-0.05, 0) is 42.3 Å². The number of nitrogen functional groups attached to an aromatic ring is 1. The fourth-order valence-corrected chi connectivity index (χ4v) is 3.94. The lowest BCUT2D eigenvalue weighted by Gasteiger charge is -2.19. The van der Waals surface area contributed by atoms with Crippen LogP contribution in [0, 0.1) is 5.82 Å². The number of nitrogens with one attached hydrogen (secondary N) is 1. The molecular formula is C22H23FN4O3S. The SMILES string of the molecule is CCCCn1c(N)c(N(C)C(=O)/C=C/c2ccc(-c3ccc(F)cc3)s2)c(=O)[nH]c1=O. The zero-order valence-corrected chi connectivity index (χ0v) is 18.0. The van der Waals surface area contributed by atoms with Crippen LogP contribution in [0.3, 0.4) is 0 Å². The van der Waals surface area contributed by atoms with Gasteiger partial charge in [0.15, 0.2) is 5.69 Å². The summed E-state index contributed by atoms with van der Waals surface area (Å²) < 4.78 is 14.4. The third kappa shape index (κ3) is 5.00. The molecule has 2 heterocycles. The number of nitrogens with zero attached hydrogens (tertiary/aromatic N) is 2. The number of nitrogens with two attached hydrogens (primary N) is 1. The molecule has 0 radical (unpaired) electrons. The molecule has 9 heteroatoms. The lowest BCUT2D eigenvalue weighted by molar-refractivity contribution is -0.113. The smallest absolute Gasteiger partial charge is 0.330 e. The number of rotatable bonds is 7. The summed E-state index contributed by atoms with van der Waals surface area (Å²) in [7, 11) is 1.43. The summed E-state index contributed by atoms with van der Waals surface area (Å²) in [5.41, 5.74) is 5.55. The minimum Gasteiger partial charge on any atom is -0.383 e. The van der Waals surface area contributed by atoms with Crippen molar-refractivity contribution in [1.29, 1.82) is 0 Å². The van der Waals surface area contributed by atoms with Crippen molar-refractivity contribution in [2.24, 2.45) is 0 Å². The van der Waals surface area contributed by atoms with Crippen LogP contribution in [0.2, 0.25) is 0 Å². The number of unbranched alkanes of at least 4 members (excludes halogenated alkanes) is 1. The van der Waals surface area contributed by atoms with E-state index in [1.54, 1.807) is 18.2 Å². The molecule has 3 N–H and O–H groups in total. The van der Waals surface area contributed by atoms with E-state index in [2.05, 4.69) is 4.98 Å². The number of likely N-dealkylation sites (N-methyl/N-ethyl adjacent to an activating group) is 1. The van der Waals surface area contributed by atoms with Crippen molar-refractivity contribution in [3.8, 4) is 10.4 Å². The van der Waals surface area contributed by atoms with E-state index < -0.39 is 17.2 Å². The Morgan fingerprint density at radius 1 is 1.23 bits per heavy atom. The fourth-order valence-electron chi connectivity index (χ4n) is 3.03. The fraction of sp³-hybridized carbons (Fsp3) is 0.227. The third-order valence-electron chi connectivity index (χ3n) is 4.76. The maximum Gasteiger partial charge on any atom is 0.330 e. The topological polar surface area (TPSA) is 101 Å². The van der Waals surface area contributed by atoms with E-state index in [4.69, 9.17) is 5.73 Å². The number of hydrogen-bond acceptors (Lipinski definition) is 5. The van der Waals surface area contributed by atoms with E-state index >= 15 is 0 Å². The second kappa shape index (κ2) is 9.57. The molecule has 0 fully saturated rings. The molecule has 162 valence electrons. The number of carbonyl (C=O) groups is 1. The largest absolute Gasteiger partial charge is 0.383 e. The number of amides is 1. The first kappa shape index (κ1) is 22.2. The normalized spacial score (nSPS) is 11.2. The predicted molar refractivity (Wildman–Crippen MR) is 123 cm³/mol. The van der Waals surface area contributed by atoms with Crippen molar-refractivity contribution >= 4 is 34.8 Å². The van der Waals surface area contributed by atoms with Gasteiger partial charge in [0.05, 0.1) is 0 Å². The average molecular weight is 443 g/mol. The van der Waals surface area contributed by atoms with Gasteiger partial charge in [-0.15, -0.1) is 11.3 Å². The Kier molecular flexibility index (Phi) is 6.86. The van der Waals surface area contributed by atoms with Crippen molar-refractivity contribution in [3.63, 3.8) is 0 Å². The van der Waals surface area contributed by atoms with E-state index in [9.17, 15) is 18.8 Å². The minimum atomic E-state index is -0.714. The van der Waals surface area contributed by atoms with Gasteiger partial charge in [0.25, 0.3) is 11.5 Å². The molecule has 0 aliphatic carbocycles. The van der Waals surface area contributed by atoms with E-state index in [-0.39, 0.29) is 17.3 Å². The van der Waals surface area contributed by atoms with E-state index in [1.165, 1.54) is 41.2 Å². The molecule has 0 unspecified atom stereocenters. The Balaban J connectivity index is 1.81. The highest BCUT2D eigenvalue weighted by molar-refractivity contribution is 7.16. The maximum absolute atomic E-state index is 13.1. The van der Waals surface area contributed by atoms with Crippen LogP contribution in [0.5, 0.6) is 0 Å². The van der Waals surface area contributed by atoms with Gasteiger partial charge in [0, 0.05) is 29.4 Å². The van der Waals surface area contributed by atoms with Crippen LogP contribution in [0.1, 0.15) is 24.6 Å². The molecule has 0 atom stereocenters. The van der Waals surface area contributed by atoms with Crippen LogP contribution < -0.4 is 21.9 Å². The summed E-state index contributed by atoms with van der Waals surface area (Å²) in [6.45, 7) is 2.32. The predicted octanol–water partition coefficient (Wildman–Crippen LogP) is 3.46. The summed E-state index contributed by atoms with van der Waals surface area (Å²) >= 11 is 1.44. The molecular weight excluding hydrogens is 419 g/mol. The number of benzene rings is 1. The van der Waals surface area contributed by atoms with Gasteiger partial charge in [-0.2, -0.15) is 0 Å². The number of hydrogen-bond donors (Lipinski definition) is 2. The molecule has 3 aromatic rings. The molecule has 31 heavy (non-hydrogen) atoms. The van der Waals surface area contributed by atoms with Crippen molar-refractivity contribution in [1.82, 2.24) is 9.55 Å². The van der Waals surface area contributed by atoms with Gasteiger partial charge in [0.1, 0.15) is 11.6 Å². The van der Waals surface area contributed by atoms with Crippen LogP contribution in [0.15, 0.2) is 52.1 Å². The van der Waals surface area contributed by atoms with Gasteiger partial charge in [0.2, 0.25) is 0 Å². The Hall–Kier alpha value is -3.46. The van der Waals surface area contributed by atoms with Crippen molar-refractivity contribution < 1.29 is 9.18 Å². The van der Waals surface area contributed by atoms with Crippen LogP contribution in [-0.2, 0) is 11.3 Å². The second-order valence-corrected chi connectivity index (χ2v) is 8.05. The molecule has 0 saturated carbocycles. The molecule has 2 aromatic heterocycles. The highest BCUT2D eigenvalue weighted by atomic mass is 32.1. The molecule has 0 aliphatic heterocycles. The Morgan fingerprint density at radius 2 is 1.94 bits per heavy atom. The van der Waals surface area contributed by atoms with Crippen LogP contribution in [0.4, 0.5) is 15.9 Å². The van der Waals surface area contributed by atoms with Gasteiger partial charge in [-0.3, -0.25) is 19.1 Å². The van der Waals surface area contributed by atoms with Gasteiger partial charge < -0.3 is 10.6 Å². The molecule has 0 spiro atoms. The summed E-state index contributed by atoms with van der Waals surface area (Å²) in [6.07, 6.45) is 4.52. The molecule has 7 nitrogen and oxygen atoms in total. The molecule has 0 aliphatic rings. The quantitative estimate of drug-likeness (QED) is 0.547. The minimum absolute atomic E-state index is 0.0406. The van der Waals surface area contributed by atoms with Crippen molar-refractivity contribution in [2.75, 3.05) is 17.7 Å². The summed E-state index contributed by atoms with van der Waals surface area (Å²) in [6, 6.07) is 9.90. The third-order valence-corrected chi connectivity index (χ3v) is 5.86. The lowest BCUT2D eigenvalue weighted by Crippen LogP contribution is -2.38. The van der Waals surface area contributed by atoms with Crippen LogP contribution in [-0.4, -0.2) is 22.5 Å². The number of H-pyrrole nitrogens is 1. The number of aromatic nitrogens is 2. The lowest BCUT2D eigenvalue weighted by atomic mass is 10.2. The first-order chi connectivity index (χ1) is 14.8. The summed E-state index contributed by atoms with van der Waals surface area (Å²) in [5, 5.41) is 0. The zero-order chi connectivity index (χ0) is 22.5. The molecule has 1 aromatic carbocycles. The van der Waals surface area contributed by atoms with Crippen LogP contribution >= 0.6 is 11.3 Å². The van der Waals surface area contributed by atoms with E-state index in [0.29, 0.717) is 13.0 Å². The first-order valence-electron chi connectivity index (χ1n) is 9.76. The van der Waals surface area contributed by atoms with Crippen molar-refractivity contribution in [2.45, 2.75) is 26.3 Å². The molecule has 0 saturated heterocycles. The maximum atomic E-state index is 13.1. The Labute approximate surface area is 182 Å². The van der Waals surface area contributed by atoms with Gasteiger partial charge >= 0.3 is 5.69 Å². The summed E-state index contributed by atoms with van der Waals surface area (Å²) in [4.78, 5) is 42.1. The standard InChI is InChI=1S/C22H23FN4O3S/c1-3-4-13-27-20(24)19(21(29)25-22(27)30)26(2)18(28)12-10-16-9-11-17(31-16)14-5-7-15(23)8-6-14/h5-12H,3-4,13,24H2,1-2H3,(H,25,29,30)/b12-10+. The van der Waals surface area contributed by atoms with E-state index in [0.717, 1.165) is 26.6 Å². The first-order valence-corrected chi connectivity index (χ1v) is 10.6. The van der Waals surface area contributed by atoms with Gasteiger partial charge in [-0.25, -0.2) is 9.18 Å². The molecule has 1 amide bonds. The monoisotopic (exact) mass is 442 g/mol. The molecule has 3 rings (SSSR count). The number of aromatic amines is 1. The zero-order valence-electron chi connectivity index (χ0n) is 17.2. The average Bonchev–Trinajstić information content (AvgIpc) is 3.21.